The molecule has 0 saturated carbocycles. The minimum Gasteiger partial charge on any atom is -0.339 e. The van der Waals surface area contributed by atoms with Gasteiger partial charge in [-0.15, -0.1) is 11.3 Å². The maximum Gasteiger partial charge on any atom is 0.262 e. The summed E-state index contributed by atoms with van der Waals surface area (Å²) in [5.41, 5.74) is 1.69. The van der Waals surface area contributed by atoms with Gasteiger partial charge in [-0.05, 0) is 63.9 Å². The van der Waals surface area contributed by atoms with Gasteiger partial charge >= 0.3 is 0 Å². The molecule has 4 nitrogen and oxygen atoms in total. The van der Waals surface area contributed by atoms with Gasteiger partial charge in [0.15, 0.2) is 0 Å². The molecule has 2 N–H and O–H groups in total. The first-order chi connectivity index (χ1) is 12.6. The number of amides is 2. The van der Waals surface area contributed by atoms with Crippen LogP contribution in [0.2, 0.25) is 0 Å². The van der Waals surface area contributed by atoms with E-state index >= 15 is 0 Å². The minimum absolute atomic E-state index is 0.236. The molecule has 1 heterocycles. The second-order valence-electron chi connectivity index (χ2n) is 5.69. The van der Waals surface area contributed by atoms with Gasteiger partial charge in [0.2, 0.25) is 5.91 Å². The lowest BCUT2D eigenvalue weighted by Gasteiger charge is -2.18. The number of hydrogen-bond acceptors (Lipinski definition) is 3. The number of thiophene rings is 1. The van der Waals surface area contributed by atoms with Crippen LogP contribution in [0.15, 0.2) is 72.1 Å². The van der Waals surface area contributed by atoms with Crippen molar-refractivity contribution in [2.24, 2.45) is 0 Å². The molecule has 132 valence electrons. The highest BCUT2D eigenvalue weighted by Gasteiger charge is 2.22. The van der Waals surface area contributed by atoms with Crippen LogP contribution in [0.5, 0.6) is 0 Å². The van der Waals surface area contributed by atoms with E-state index in [1.807, 2.05) is 66.0 Å². The number of rotatable bonds is 6. The topological polar surface area (TPSA) is 58.2 Å². The fourth-order valence-electron chi connectivity index (χ4n) is 2.46. The van der Waals surface area contributed by atoms with Crippen molar-refractivity contribution in [3.05, 3.63) is 86.1 Å². The van der Waals surface area contributed by atoms with Crippen LogP contribution in [0.4, 0.5) is 5.69 Å². The van der Waals surface area contributed by atoms with Crippen LogP contribution >= 0.6 is 33.9 Å². The summed E-state index contributed by atoms with van der Waals surface area (Å²) < 4.78 is 1.09. The van der Waals surface area contributed by atoms with Crippen molar-refractivity contribution in [3.63, 3.8) is 0 Å². The van der Waals surface area contributed by atoms with Gasteiger partial charge in [0, 0.05) is 15.7 Å². The van der Waals surface area contributed by atoms with E-state index in [0.717, 1.165) is 9.13 Å². The first-order valence-electron chi connectivity index (χ1n) is 8.06. The molecule has 1 aromatic heterocycles. The van der Waals surface area contributed by atoms with Crippen LogP contribution in [0.25, 0.3) is 0 Å². The van der Waals surface area contributed by atoms with Gasteiger partial charge in [-0.25, -0.2) is 0 Å². The predicted octanol–water partition coefficient (Wildman–Crippen LogP) is 4.33. The molecular formula is C20H17IN2O2S. The van der Waals surface area contributed by atoms with Crippen molar-refractivity contribution >= 4 is 51.4 Å². The summed E-state index contributed by atoms with van der Waals surface area (Å²) in [6, 6.07) is 20.1. The number of anilines is 1. The van der Waals surface area contributed by atoms with Crippen LogP contribution in [0.3, 0.4) is 0 Å². The van der Waals surface area contributed by atoms with Crippen molar-refractivity contribution < 1.29 is 9.59 Å². The normalized spacial score (nSPS) is 11.6. The van der Waals surface area contributed by atoms with E-state index in [2.05, 4.69) is 33.2 Å². The van der Waals surface area contributed by atoms with Gasteiger partial charge in [-0.2, -0.15) is 0 Å². The van der Waals surface area contributed by atoms with Crippen LogP contribution in [-0.4, -0.2) is 17.9 Å². The summed E-state index contributed by atoms with van der Waals surface area (Å²) in [5.74, 6) is -0.473. The molecular weight excluding hydrogens is 459 g/mol. The Morgan fingerprint density at radius 2 is 1.69 bits per heavy atom. The van der Waals surface area contributed by atoms with Gasteiger partial charge in [-0.3, -0.25) is 9.59 Å². The molecule has 0 fully saturated rings. The third kappa shape index (κ3) is 5.15. The maximum atomic E-state index is 12.8. The number of nitrogens with one attached hydrogen (secondary N) is 2. The highest BCUT2D eigenvalue weighted by Crippen LogP contribution is 2.14. The van der Waals surface area contributed by atoms with E-state index in [4.69, 9.17) is 0 Å². The van der Waals surface area contributed by atoms with Gasteiger partial charge in [0.25, 0.3) is 5.91 Å². The zero-order chi connectivity index (χ0) is 18.4. The zero-order valence-electron chi connectivity index (χ0n) is 13.8. The quantitative estimate of drug-likeness (QED) is 0.521. The molecule has 0 radical (unpaired) electrons. The molecule has 1 atom stereocenters. The van der Waals surface area contributed by atoms with E-state index in [-0.39, 0.29) is 11.8 Å². The van der Waals surface area contributed by atoms with E-state index in [1.54, 1.807) is 6.07 Å². The number of carbonyl (C=O) groups is 2. The molecule has 3 aromatic rings. The summed E-state index contributed by atoms with van der Waals surface area (Å²) in [4.78, 5) is 25.8. The van der Waals surface area contributed by atoms with E-state index in [1.165, 1.54) is 11.3 Å². The van der Waals surface area contributed by atoms with Gasteiger partial charge in [0.05, 0.1) is 4.88 Å². The Morgan fingerprint density at radius 1 is 0.962 bits per heavy atom. The van der Waals surface area contributed by atoms with Gasteiger partial charge in [-0.1, -0.05) is 36.4 Å². The average Bonchev–Trinajstić information content (AvgIpc) is 3.19. The lowest BCUT2D eigenvalue weighted by molar-refractivity contribution is -0.118. The number of halogens is 1. The molecule has 1 unspecified atom stereocenters. The standard InChI is InChI=1S/C20H17IN2O2S/c21-15-8-10-16(11-9-15)22-19(24)17(13-14-5-2-1-3-6-14)23-20(25)18-7-4-12-26-18/h1-12,17H,13H2,(H,22,24)(H,23,25). The summed E-state index contributed by atoms with van der Waals surface area (Å²) >= 11 is 3.56. The first-order valence-corrected chi connectivity index (χ1v) is 10.0. The fourth-order valence-corrected chi connectivity index (χ4v) is 3.45. The minimum atomic E-state index is -0.661. The molecule has 2 amide bonds. The largest absolute Gasteiger partial charge is 0.339 e. The fraction of sp³-hybridized carbons (Fsp3) is 0.100. The monoisotopic (exact) mass is 476 g/mol. The second-order valence-corrected chi connectivity index (χ2v) is 7.88. The molecule has 0 aliphatic carbocycles. The molecule has 0 bridgehead atoms. The SMILES string of the molecule is O=C(NC(Cc1ccccc1)C(=O)Nc1ccc(I)cc1)c1cccs1. The third-order valence-electron chi connectivity index (χ3n) is 3.76. The van der Waals surface area contributed by atoms with E-state index in [0.29, 0.717) is 17.0 Å². The smallest absolute Gasteiger partial charge is 0.262 e. The lowest BCUT2D eigenvalue weighted by atomic mass is 10.0. The molecule has 26 heavy (non-hydrogen) atoms. The Morgan fingerprint density at radius 3 is 2.35 bits per heavy atom. The number of carbonyl (C=O) groups excluding carboxylic acids is 2. The summed E-state index contributed by atoms with van der Waals surface area (Å²) in [5, 5.41) is 7.58. The summed E-state index contributed by atoms with van der Waals surface area (Å²) in [6.07, 6.45) is 0.425. The second kappa shape index (κ2) is 8.95. The van der Waals surface area contributed by atoms with Crippen LogP contribution < -0.4 is 10.6 Å². The zero-order valence-corrected chi connectivity index (χ0v) is 16.8. The Labute approximate surface area is 169 Å². The van der Waals surface area contributed by atoms with Crippen LogP contribution in [-0.2, 0) is 11.2 Å². The van der Waals surface area contributed by atoms with Crippen molar-refractivity contribution in [1.82, 2.24) is 5.32 Å². The average molecular weight is 476 g/mol. The first kappa shape index (κ1) is 18.6. The van der Waals surface area contributed by atoms with Crippen LogP contribution in [0, 0.1) is 3.57 Å². The van der Waals surface area contributed by atoms with Crippen LogP contribution in [0.1, 0.15) is 15.2 Å². The Bertz CT molecular complexity index is 865. The molecule has 3 rings (SSSR count). The predicted molar refractivity (Wildman–Crippen MR) is 114 cm³/mol. The van der Waals surface area contributed by atoms with E-state index in [9.17, 15) is 9.59 Å². The van der Waals surface area contributed by atoms with Crippen molar-refractivity contribution in [2.75, 3.05) is 5.32 Å². The third-order valence-corrected chi connectivity index (χ3v) is 5.35. The molecule has 0 saturated heterocycles. The maximum absolute atomic E-state index is 12.8. The number of benzene rings is 2. The molecule has 2 aromatic carbocycles. The highest BCUT2D eigenvalue weighted by molar-refractivity contribution is 14.1. The molecule has 0 aliphatic heterocycles. The van der Waals surface area contributed by atoms with Gasteiger partial charge < -0.3 is 10.6 Å². The van der Waals surface area contributed by atoms with E-state index < -0.39 is 6.04 Å². The highest BCUT2D eigenvalue weighted by atomic mass is 127. The Balaban J connectivity index is 1.75. The Kier molecular flexibility index (Phi) is 6.40. The molecule has 0 aliphatic rings. The number of hydrogen-bond donors (Lipinski definition) is 2. The lowest BCUT2D eigenvalue weighted by Crippen LogP contribution is -2.45. The van der Waals surface area contributed by atoms with Crippen molar-refractivity contribution in [2.45, 2.75) is 12.5 Å². The summed E-state index contributed by atoms with van der Waals surface area (Å²) in [7, 11) is 0. The van der Waals surface area contributed by atoms with Crippen molar-refractivity contribution in [1.29, 1.82) is 0 Å². The Hall–Kier alpha value is -2.19. The van der Waals surface area contributed by atoms with Gasteiger partial charge in [0.1, 0.15) is 6.04 Å². The molecule has 0 spiro atoms. The van der Waals surface area contributed by atoms with Crippen molar-refractivity contribution in [3.8, 4) is 0 Å². The summed E-state index contributed by atoms with van der Waals surface area (Å²) in [6.45, 7) is 0. The molecule has 6 heteroatoms.